The minimum Gasteiger partial charge on any atom is -0.382 e. The first-order valence-electron chi connectivity index (χ1n) is 10.6. The highest BCUT2D eigenvalue weighted by molar-refractivity contribution is 6.09. The van der Waals surface area contributed by atoms with E-state index in [-0.39, 0.29) is 29.5 Å². The van der Waals surface area contributed by atoms with Gasteiger partial charge in [-0.25, -0.2) is 9.97 Å². The average Bonchev–Trinajstić information content (AvgIpc) is 2.81. The summed E-state index contributed by atoms with van der Waals surface area (Å²) in [4.78, 5) is 36.8. The number of nitrogens with two attached hydrogens (primary N) is 1. The average molecular weight is 415 g/mol. The summed E-state index contributed by atoms with van der Waals surface area (Å²) in [5.74, 6) is -0.128. The number of Topliss-reactive ketones (excluding diaryl/α,β-unsaturated/α-hetero) is 1. The SMILES string of the molecule is Cc1cnc(N)c(C(=O)Cc2cc(C(=O)c3ccccc3)ccc2N2CCCCC2)n1. The summed E-state index contributed by atoms with van der Waals surface area (Å²) in [5, 5.41) is 0. The highest BCUT2D eigenvalue weighted by Gasteiger charge is 2.21. The molecule has 158 valence electrons. The van der Waals surface area contributed by atoms with Crippen molar-refractivity contribution in [1.29, 1.82) is 0 Å². The second kappa shape index (κ2) is 9.08. The first kappa shape index (κ1) is 20.7. The van der Waals surface area contributed by atoms with Gasteiger partial charge in [0.15, 0.2) is 17.4 Å². The molecule has 2 heterocycles. The minimum absolute atomic E-state index is 0.0608. The van der Waals surface area contributed by atoms with Gasteiger partial charge in [0.05, 0.1) is 11.9 Å². The molecule has 0 unspecified atom stereocenters. The van der Waals surface area contributed by atoms with Crippen molar-refractivity contribution in [2.75, 3.05) is 23.7 Å². The van der Waals surface area contributed by atoms with E-state index in [9.17, 15) is 9.59 Å². The van der Waals surface area contributed by atoms with Crippen LogP contribution in [0.2, 0.25) is 0 Å². The number of carbonyl (C=O) groups is 2. The lowest BCUT2D eigenvalue weighted by molar-refractivity contribution is 0.0986. The van der Waals surface area contributed by atoms with Gasteiger partial charge < -0.3 is 10.6 Å². The molecule has 1 aliphatic rings. The molecule has 1 saturated heterocycles. The molecule has 4 rings (SSSR count). The Hall–Kier alpha value is -3.54. The van der Waals surface area contributed by atoms with Crippen molar-refractivity contribution in [2.45, 2.75) is 32.6 Å². The lowest BCUT2D eigenvalue weighted by Gasteiger charge is -2.31. The molecule has 6 heteroatoms. The molecule has 0 amide bonds. The fourth-order valence-electron chi connectivity index (χ4n) is 4.02. The fraction of sp³-hybridized carbons (Fsp3) is 0.280. The van der Waals surface area contributed by atoms with Gasteiger partial charge in [0.2, 0.25) is 0 Å². The largest absolute Gasteiger partial charge is 0.382 e. The predicted molar refractivity (Wildman–Crippen MR) is 122 cm³/mol. The summed E-state index contributed by atoms with van der Waals surface area (Å²) >= 11 is 0. The molecular formula is C25H26N4O2. The van der Waals surface area contributed by atoms with E-state index in [1.54, 1.807) is 25.3 Å². The first-order valence-corrected chi connectivity index (χ1v) is 10.6. The Kier molecular flexibility index (Phi) is 6.07. The molecule has 3 aromatic rings. The summed E-state index contributed by atoms with van der Waals surface area (Å²) in [6, 6.07) is 14.8. The molecule has 31 heavy (non-hydrogen) atoms. The third kappa shape index (κ3) is 4.63. The number of aromatic nitrogens is 2. The second-order valence-corrected chi connectivity index (χ2v) is 7.93. The topological polar surface area (TPSA) is 89.2 Å². The Morgan fingerprint density at radius 2 is 1.74 bits per heavy atom. The molecule has 1 aliphatic heterocycles. The van der Waals surface area contributed by atoms with Gasteiger partial charge in [0, 0.05) is 36.3 Å². The molecule has 0 bridgehead atoms. The Morgan fingerprint density at radius 3 is 2.48 bits per heavy atom. The van der Waals surface area contributed by atoms with Gasteiger partial charge in [-0.15, -0.1) is 0 Å². The zero-order valence-corrected chi connectivity index (χ0v) is 17.7. The number of ketones is 2. The monoisotopic (exact) mass is 414 g/mol. The molecule has 1 aromatic heterocycles. The van der Waals surface area contributed by atoms with Crippen LogP contribution in [0.3, 0.4) is 0 Å². The van der Waals surface area contributed by atoms with Gasteiger partial charge in [-0.2, -0.15) is 0 Å². The third-order valence-corrected chi connectivity index (χ3v) is 5.61. The fourth-order valence-corrected chi connectivity index (χ4v) is 4.02. The van der Waals surface area contributed by atoms with E-state index in [0.29, 0.717) is 16.8 Å². The van der Waals surface area contributed by atoms with Crippen molar-refractivity contribution in [3.8, 4) is 0 Å². The van der Waals surface area contributed by atoms with Crippen LogP contribution < -0.4 is 10.6 Å². The summed E-state index contributed by atoms with van der Waals surface area (Å²) in [5.41, 5.74) is 9.75. The molecule has 1 fully saturated rings. The number of rotatable bonds is 6. The van der Waals surface area contributed by atoms with Crippen LogP contribution in [-0.4, -0.2) is 34.6 Å². The van der Waals surface area contributed by atoms with E-state index < -0.39 is 0 Å². The number of benzene rings is 2. The van der Waals surface area contributed by atoms with Gasteiger partial charge >= 0.3 is 0 Å². The summed E-state index contributed by atoms with van der Waals surface area (Å²) in [6.45, 7) is 3.67. The molecule has 0 spiro atoms. The normalized spacial score (nSPS) is 13.8. The molecule has 0 atom stereocenters. The van der Waals surface area contributed by atoms with Crippen molar-refractivity contribution < 1.29 is 9.59 Å². The van der Waals surface area contributed by atoms with Crippen molar-refractivity contribution in [2.24, 2.45) is 0 Å². The van der Waals surface area contributed by atoms with Crippen molar-refractivity contribution >= 4 is 23.1 Å². The Bertz CT molecular complexity index is 1110. The van der Waals surface area contributed by atoms with E-state index in [2.05, 4.69) is 14.9 Å². The van der Waals surface area contributed by atoms with E-state index in [4.69, 9.17) is 5.73 Å². The zero-order valence-electron chi connectivity index (χ0n) is 17.7. The van der Waals surface area contributed by atoms with E-state index in [1.165, 1.54) is 6.42 Å². The van der Waals surface area contributed by atoms with Crippen molar-refractivity contribution in [3.05, 3.63) is 82.8 Å². The standard InChI is InChI=1S/C25H26N4O2/c1-17-16-27-25(26)23(28-17)22(30)15-20-14-19(24(31)18-8-4-2-5-9-18)10-11-21(20)29-12-6-3-7-13-29/h2,4-5,8-11,14,16H,3,6-7,12-13,15H2,1H3,(H2,26,27). The Labute approximate surface area is 182 Å². The summed E-state index contributed by atoms with van der Waals surface area (Å²) < 4.78 is 0. The molecular weight excluding hydrogens is 388 g/mol. The minimum atomic E-state index is -0.198. The van der Waals surface area contributed by atoms with Crippen LogP contribution in [0, 0.1) is 6.92 Å². The Morgan fingerprint density at radius 1 is 1.00 bits per heavy atom. The maximum Gasteiger partial charge on any atom is 0.193 e. The smallest absolute Gasteiger partial charge is 0.193 e. The van der Waals surface area contributed by atoms with Crippen LogP contribution in [-0.2, 0) is 6.42 Å². The van der Waals surface area contributed by atoms with Gasteiger partial charge in [-0.1, -0.05) is 30.3 Å². The van der Waals surface area contributed by atoms with Crippen LogP contribution >= 0.6 is 0 Å². The van der Waals surface area contributed by atoms with E-state index in [1.807, 2.05) is 36.4 Å². The van der Waals surface area contributed by atoms with Crippen LogP contribution in [0.1, 0.15) is 56.9 Å². The van der Waals surface area contributed by atoms with Crippen molar-refractivity contribution in [3.63, 3.8) is 0 Å². The number of hydrogen-bond acceptors (Lipinski definition) is 6. The highest BCUT2D eigenvalue weighted by Crippen LogP contribution is 2.28. The quantitative estimate of drug-likeness (QED) is 0.613. The number of nitrogens with zero attached hydrogens (tertiary/aromatic N) is 3. The number of nitrogen functional groups attached to an aromatic ring is 1. The van der Waals surface area contributed by atoms with Crippen LogP contribution in [0.4, 0.5) is 11.5 Å². The van der Waals surface area contributed by atoms with E-state index in [0.717, 1.165) is 37.2 Å². The molecule has 0 aliphatic carbocycles. The molecule has 0 saturated carbocycles. The lowest BCUT2D eigenvalue weighted by Crippen LogP contribution is -2.30. The Balaban J connectivity index is 1.70. The second-order valence-electron chi connectivity index (χ2n) is 7.93. The maximum atomic E-state index is 13.1. The van der Waals surface area contributed by atoms with Gasteiger partial charge in [-0.3, -0.25) is 9.59 Å². The number of piperidine rings is 1. The van der Waals surface area contributed by atoms with Crippen molar-refractivity contribution in [1.82, 2.24) is 9.97 Å². The molecule has 2 N–H and O–H groups in total. The van der Waals surface area contributed by atoms with Crippen LogP contribution in [0.5, 0.6) is 0 Å². The molecule has 6 nitrogen and oxygen atoms in total. The van der Waals surface area contributed by atoms with Crippen LogP contribution in [0.15, 0.2) is 54.7 Å². The number of anilines is 2. The number of carbonyl (C=O) groups excluding carboxylic acids is 2. The maximum absolute atomic E-state index is 13.1. The number of hydrogen-bond donors (Lipinski definition) is 1. The first-order chi connectivity index (χ1) is 15.0. The molecule has 0 radical (unpaired) electrons. The predicted octanol–water partition coefficient (Wildman–Crippen LogP) is 4.01. The summed E-state index contributed by atoms with van der Waals surface area (Å²) in [6.07, 6.45) is 5.11. The number of aryl methyl sites for hydroxylation is 1. The highest BCUT2D eigenvalue weighted by atomic mass is 16.1. The lowest BCUT2D eigenvalue weighted by atomic mass is 9.96. The van der Waals surface area contributed by atoms with Gasteiger partial charge in [-0.05, 0) is 49.9 Å². The third-order valence-electron chi connectivity index (χ3n) is 5.61. The molecule has 2 aromatic carbocycles. The zero-order chi connectivity index (χ0) is 21.8. The van der Waals surface area contributed by atoms with Gasteiger partial charge in [0.1, 0.15) is 5.69 Å². The van der Waals surface area contributed by atoms with E-state index >= 15 is 0 Å². The van der Waals surface area contributed by atoms with Crippen LogP contribution in [0.25, 0.3) is 0 Å². The van der Waals surface area contributed by atoms with Gasteiger partial charge in [0.25, 0.3) is 0 Å². The summed E-state index contributed by atoms with van der Waals surface area (Å²) in [7, 11) is 0.